The standard InChI is InChI=1S/C16H25FN2O/c1-12-4-3-5-14(10-12)19(2)9-8-16(20)15-7-6-13(17)11-18-15/h6-7,11-12,14,16,20H,3-5,8-10H2,1-2H3. The van der Waals surface area contributed by atoms with Gasteiger partial charge in [0.05, 0.1) is 18.0 Å². The second-order valence-corrected chi connectivity index (χ2v) is 6.11. The van der Waals surface area contributed by atoms with Crippen molar-refractivity contribution in [2.24, 2.45) is 5.92 Å². The fraction of sp³-hybridized carbons (Fsp3) is 0.688. The Balaban J connectivity index is 1.80. The van der Waals surface area contributed by atoms with E-state index < -0.39 is 6.10 Å². The molecule has 4 heteroatoms. The summed E-state index contributed by atoms with van der Waals surface area (Å²) in [5.74, 6) is 0.439. The minimum Gasteiger partial charge on any atom is -0.387 e. The van der Waals surface area contributed by atoms with Gasteiger partial charge in [0.15, 0.2) is 0 Å². The molecule has 1 aromatic heterocycles. The van der Waals surface area contributed by atoms with Crippen LogP contribution in [0.15, 0.2) is 18.3 Å². The van der Waals surface area contributed by atoms with Gasteiger partial charge in [0.2, 0.25) is 0 Å². The van der Waals surface area contributed by atoms with Gasteiger partial charge in [-0.1, -0.05) is 19.8 Å². The summed E-state index contributed by atoms with van der Waals surface area (Å²) >= 11 is 0. The predicted octanol–water partition coefficient (Wildman–Crippen LogP) is 3.15. The summed E-state index contributed by atoms with van der Waals surface area (Å²) in [6, 6.07) is 3.54. The van der Waals surface area contributed by atoms with Gasteiger partial charge in [0, 0.05) is 12.6 Å². The van der Waals surface area contributed by atoms with Crippen LogP contribution < -0.4 is 0 Å². The third-order valence-electron chi connectivity index (χ3n) is 4.38. The van der Waals surface area contributed by atoms with Gasteiger partial charge in [0.1, 0.15) is 5.82 Å². The topological polar surface area (TPSA) is 36.4 Å². The second kappa shape index (κ2) is 7.14. The fourth-order valence-corrected chi connectivity index (χ4v) is 3.04. The maximum Gasteiger partial charge on any atom is 0.141 e. The lowest BCUT2D eigenvalue weighted by Crippen LogP contribution is -2.36. The van der Waals surface area contributed by atoms with Crippen molar-refractivity contribution in [2.75, 3.05) is 13.6 Å². The smallest absolute Gasteiger partial charge is 0.141 e. The molecule has 112 valence electrons. The molecule has 0 radical (unpaired) electrons. The number of aliphatic hydroxyl groups is 1. The molecule has 3 nitrogen and oxygen atoms in total. The maximum atomic E-state index is 12.8. The quantitative estimate of drug-likeness (QED) is 0.900. The largest absolute Gasteiger partial charge is 0.387 e. The van der Waals surface area contributed by atoms with Crippen LogP contribution in [0.2, 0.25) is 0 Å². The highest BCUT2D eigenvalue weighted by Gasteiger charge is 2.22. The molecule has 1 aliphatic rings. The Morgan fingerprint density at radius 1 is 1.45 bits per heavy atom. The minimum atomic E-state index is -0.612. The first kappa shape index (κ1) is 15.4. The summed E-state index contributed by atoms with van der Waals surface area (Å²) < 4.78 is 12.8. The van der Waals surface area contributed by atoms with E-state index >= 15 is 0 Å². The molecule has 20 heavy (non-hydrogen) atoms. The average Bonchev–Trinajstić information content (AvgIpc) is 2.45. The summed E-state index contributed by atoms with van der Waals surface area (Å²) in [4.78, 5) is 6.29. The zero-order valence-electron chi connectivity index (χ0n) is 12.4. The van der Waals surface area contributed by atoms with Crippen LogP contribution in [0.5, 0.6) is 0 Å². The lowest BCUT2D eigenvalue weighted by Gasteiger charge is -2.34. The van der Waals surface area contributed by atoms with Gasteiger partial charge in [-0.05, 0) is 44.4 Å². The Bertz CT molecular complexity index is 409. The van der Waals surface area contributed by atoms with Crippen molar-refractivity contribution in [3.8, 4) is 0 Å². The van der Waals surface area contributed by atoms with Gasteiger partial charge < -0.3 is 10.0 Å². The molecule has 1 fully saturated rings. The Kier molecular flexibility index (Phi) is 5.49. The van der Waals surface area contributed by atoms with Crippen molar-refractivity contribution in [2.45, 2.75) is 51.2 Å². The number of hydrogen-bond donors (Lipinski definition) is 1. The number of rotatable bonds is 5. The number of halogens is 1. The monoisotopic (exact) mass is 280 g/mol. The Morgan fingerprint density at radius 2 is 2.25 bits per heavy atom. The lowest BCUT2D eigenvalue weighted by atomic mass is 9.86. The third kappa shape index (κ3) is 4.25. The molecule has 3 atom stereocenters. The average molecular weight is 280 g/mol. The maximum absolute atomic E-state index is 12.8. The van der Waals surface area contributed by atoms with Crippen LogP contribution in [0, 0.1) is 11.7 Å². The van der Waals surface area contributed by atoms with Crippen LogP contribution in [0.25, 0.3) is 0 Å². The van der Waals surface area contributed by atoms with E-state index in [4.69, 9.17) is 0 Å². The summed E-state index contributed by atoms with van der Waals surface area (Å²) in [7, 11) is 2.13. The molecule has 0 aromatic carbocycles. The Morgan fingerprint density at radius 3 is 2.90 bits per heavy atom. The van der Waals surface area contributed by atoms with Gasteiger partial charge >= 0.3 is 0 Å². The van der Waals surface area contributed by atoms with Crippen LogP contribution in [-0.2, 0) is 0 Å². The summed E-state index contributed by atoms with van der Waals surface area (Å²) in [6.07, 6.45) is 6.34. The van der Waals surface area contributed by atoms with Crippen LogP contribution in [0.1, 0.15) is 50.8 Å². The number of aromatic nitrogens is 1. The zero-order chi connectivity index (χ0) is 14.5. The van der Waals surface area contributed by atoms with Crippen LogP contribution >= 0.6 is 0 Å². The molecule has 1 N–H and O–H groups in total. The molecule has 1 saturated carbocycles. The van der Waals surface area contributed by atoms with Crippen LogP contribution in [-0.4, -0.2) is 34.6 Å². The molecule has 3 unspecified atom stereocenters. The van der Waals surface area contributed by atoms with E-state index in [1.807, 2.05) is 0 Å². The van der Waals surface area contributed by atoms with Crippen LogP contribution in [0.4, 0.5) is 4.39 Å². The van der Waals surface area contributed by atoms with Crippen molar-refractivity contribution in [1.82, 2.24) is 9.88 Å². The molecular weight excluding hydrogens is 255 g/mol. The SMILES string of the molecule is CC1CCCC(N(C)CCC(O)c2ccc(F)cn2)C1. The van der Waals surface area contributed by atoms with Gasteiger partial charge in [0.25, 0.3) is 0 Å². The van der Waals surface area contributed by atoms with E-state index in [1.165, 1.54) is 31.7 Å². The van der Waals surface area contributed by atoms with E-state index in [0.29, 0.717) is 18.2 Å². The molecular formula is C16H25FN2O. The van der Waals surface area contributed by atoms with E-state index in [0.717, 1.165) is 18.7 Å². The molecule has 1 aliphatic carbocycles. The van der Waals surface area contributed by atoms with Crippen molar-refractivity contribution >= 4 is 0 Å². The zero-order valence-corrected chi connectivity index (χ0v) is 12.4. The van der Waals surface area contributed by atoms with Crippen molar-refractivity contribution in [3.63, 3.8) is 0 Å². The molecule has 0 bridgehead atoms. The van der Waals surface area contributed by atoms with Crippen molar-refractivity contribution in [3.05, 3.63) is 29.8 Å². The van der Waals surface area contributed by atoms with E-state index in [2.05, 4.69) is 23.9 Å². The third-order valence-corrected chi connectivity index (χ3v) is 4.38. The highest BCUT2D eigenvalue weighted by Crippen LogP contribution is 2.27. The first-order valence-corrected chi connectivity index (χ1v) is 7.56. The van der Waals surface area contributed by atoms with Gasteiger partial charge in [-0.2, -0.15) is 0 Å². The van der Waals surface area contributed by atoms with E-state index in [9.17, 15) is 9.50 Å². The highest BCUT2D eigenvalue weighted by molar-refractivity contribution is 5.07. The molecule has 0 aliphatic heterocycles. The molecule has 0 spiro atoms. The molecule has 0 saturated heterocycles. The summed E-state index contributed by atoms with van der Waals surface area (Å²) in [5.41, 5.74) is 0.553. The second-order valence-electron chi connectivity index (χ2n) is 6.11. The van der Waals surface area contributed by atoms with Gasteiger partial charge in [-0.25, -0.2) is 4.39 Å². The fourth-order valence-electron chi connectivity index (χ4n) is 3.04. The van der Waals surface area contributed by atoms with E-state index in [1.54, 1.807) is 6.07 Å². The first-order valence-electron chi connectivity index (χ1n) is 7.56. The molecule has 0 amide bonds. The van der Waals surface area contributed by atoms with Gasteiger partial charge in [-0.3, -0.25) is 4.98 Å². The summed E-state index contributed by atoms with van der Waals surface area (Å²) in [6.45, 7) is 3.16. The predicted molar refractivity (Wildman–Crippen MR) is 77.8 cm³/mol. The van der Waals surface area contributed by atoms with Crippen molar-refractivity contribution < 1.29 is 9.50 Å². The normalized spacial score (nSPS) is 24.9. The molecule has 1 aromatic rings. The van der Waals surface area contributed by atoms with E-state index in [-0.39, 0.29) is 5.82 Å². The Hall–Kier alpha value is -1.00. The first-order chi connectivity index (χ1) is 9.56. The minimum absolute atomic E-state index is 0.366. The van der Waals surface area contributed by atoms with Gasteiger partial charge in [-0.15, -0.1) is 0 Å². The van der Waals surface area contributed by atoms with Crippen LogP contribution in [0.3, 0.4) is 0 Å². The number of hydrogen-bond acceptors (Lipinski definition) is 3. The van der Waals surface area contributed by atoms with Crippen molar-refractivity contribution in [1.29, 1.82) is 0 Å². The lowest BCUT2D eigenvalue weighted by molar-refractivity contribution is 0.114. The Labute approximate surface area is 120 Å². The summed E-state index contributed by atoms with van der Waals surface area (Å²) in [5, 5.41) is 10.1. The highest BCUT2D eigenvalue weighted by atomic mass is 19.1. The number of pyridine rings is 1. The molecule has 2 rings (SSSR count). The number of aliphatic hydroxyl groups excluding tert-OH is 1. The molecule has 1 heterocycles. The number of nitrogens with zero attached hydrogens (tertiary/aromatic N) is 2.